The summed E-state index contributed by atoms with van der Waals surface area (Å²) in [5.41, 5.74) is 1.74. The van der Waals surface area contributed by atoms with Gasteiger partial charge in [-0.05, 0) is 36.2 Å². The van der Waals surface area contributed by atoms with Crippen molar-refractivity contribution in [3.05, 3.63) is 70.9 Å². The molecule has 3 N–H and O–H groups in total. The third-order valence-corrected chi connectivity index (χ3v) is 4.30. The van der Waals surface area contributed by atoms with Crippen LogP contribution in [0.4, 0.5) is 0 Å². The quantitative estimate of drug-likeness (QED) is 0.600. The summed E-state index contributed by atoms with van der Waals surface area (Å²) in [4.78, 5) is 26.6. The molecule has 0 bridgehead atoms. The van der Waals surface area contributed by atoms with E-state index in [9.17, 15) is 19.8 Å². The Morgan fingerprint density at radius 3 is 2.52 bits per heavy atom. The van der Waals surface area contributed by atoms with Crippen LogP contribution in [0.25, 0.3) is 10.9 Å². The van der Waals surface area contributed by atoms with Crippen molar-refractivity contribution < 1.29 is 19.8 Å². The third kappa shape index (κ3) is 4.87. The minimum Gasteiger partial charge on any atom is -0.547 e. The lowest BCUT2D eigenvalue weighted by Gasteiger charge is -2.24. The zero-order chi connectivity index (χ0) is 18.7. The lowest BCUT2D eigenvalue weighted by atomic mass is 10.0. The fourth-order valence-electron chi connectivity index (χ4n) is 2.75. The number of aliphatic hydroxyl groups is 1. The Labute approximate surface area is 161 Å². The zero-order valence-corrected chi connectivity index (χ0v) is 14.4. The van der Waals surface area contributed by atoms with E-state index in [1.165, 1.54) is 0 Å². The van der Waals surface area contributed by atoms with E-state index in [4.69, 9.17) is 11.6 Å². The summed E-state index contributed by atoms with van der Waals surface area (Å²) in [6.45, 7) is 0. The molecule has 3 rings (SSSR count). The molecule has 27 heavy (non-hydrogen) atoms. The first-order chi connectivity index (χ1) is 12.4. The molecule has 0 aliphatic rings. The van der Waals surface area contributed by atoms with Crippen LogP contribution in [0, 0.1) is 0 Å². The molecule has 1 amide bonds. The Hall–Kier alpha value is -2.83. The molecule has 0 spiro atoms. The SMILES string of the molecule is C.O=C(N[C@@H](Cc1ccccc1)[C@@H](O)C(=O)[O-])c1cc2cc(Cl)ccc2[nH]1. The van der Waals surface area contributed by atoms with E-state index in [2.05, 4.69) is 10.3 Å². The average Bonchev–Trinajstić information content (AvgIpc) is 3.04. The molecule has 0 aliphatic carbocycles. The number of amides is 1. The van der Waals surface area contributed by atoms with E-state index in [0.29, 0.717) is 5.02 Å². The Bertz CT molecular complexity index is 940. The summed E-state index contributed by atoms with van der Waals surface area (Å²) in [6, 6.07) is 14.7. The van der Waals surface area contributed by atoms with Crippen LogP contribution in [0.15, 0.2) is 54.6 Å². The summed E-state index contributed by atoms with van der Waals surface area (Å²) < 4.78 is 0. The van der Waals surface area contributed by atoms with Gasteiger partial charge < -0.3 is 25.3 Å². The van der Waals surface area contributed by atoms with E-state index in [1.807, 2.05) is 6.07 Å². The summed E-state index contributed by atoms with van der Waals surface area (Å²) >= 11 is 5.94. The molecule has 7 heteroatoms. The van der Waals surface area contributed by atoms with Crippen molar-refractivity contribution in [2.75, 3.05) is 0 Å². The molecule has 0 radical (unpaired) electrons. The van der Waals surface area contributed by atoms with Gasteiger partial charge in [0, 0.05) is 15.9 Å². The molecule has 0 saturated carbocycles. The van der Waals surface area contributed by atoms with Gasteiger partial charge in [0.1, 0.15) is 11.8 Å². The number of carboxylic acids is 1. The first kappa shape index (κ1) is 20.5. The number of aliphatic hydroxyl groups excluding tert-OH is 1. The van der Waals surface area contributed by atoms with Gasteiger partial charge >= 0.3 is 0 Å². The highest BCUT2D eigenvalue weighted by atomic mass is 35.5. The molecule has 1 aromatic heterocycles. The molecular formula is C20H20ClN2O4-. The normalized spacial score (nSPS) is 12.8. The molecular weight excluding hydrogens is 368 g/mol. The number of aromatic nitrogens is 1. The second kappa shape index (κ2) is 8.70. The molecule has 0 fully saturated rings. The third-order valence-electron chi connectivity index (χ3n) is 4.06. The number of nitrogens with one attached hydrogen (secondary N) is 2. The molecule has 0 unspecified atom stereocenters. The number of hydrogen-bond donors (Lipinski definition) is 3. The van der Waals surface area contributed by atoms with E-state index in [1.54, 1.807) is 48.5 Å². The van der Waals surface area contributed by atoms with Crippen LogP contribution in [0.1, 0.15) is 23.5 Å². The van der Waals surface area contributed by atoms with Crippen LogP contribution in [-0.4, -0.2) is 34.1 Å². The molecule has 0 saturated heterocycles. The number of hydrogen-bond acceptors (Lipinski definition) is 4. The van der Waals surface area contributed by atoms with Crippen molar-refractivity contribution in [1.82, 2.24) is 10.3 Å². The first-order valence-electron chi connectivity index (χ1n) is 7.96. The highest BCUT2D eigenvalue weighted by molar-refractivity contribution is 6.31. The summed E-state index contributed by atoms with van der Waals surface area (Å²) in [5.74, 6) is -2.17. The number of aliphatic carboxylic acids is 1. The van der Waals surface area contributed by atoms with Gasteiger partial charge in [-0.3, -0.25) is 4.79 Å². The van der Waals surface area contributed by atoms with Gasteiger partial charge in [0.2, 0.25) is 0 Å². The highest BCUT2D eigenvalue weighted by Crippen LogP contribution is 2.20. The second-order valence-electron chi connectivity index (χ2n) is 5.95. The number of carbonyl (C=O) groups excluding carboxylic acids is 2. The molecule has 6 nitrogen and oxygen atoms in total. The van der Waals surface area contributed by atoms with Gasteiger partial charge in [0.15, 0.2) is 0 Å². The number of rotatable bonds is 6. The van der Waals surface area contributed by atoms with Crippen molar-refractivity contribution in [3.63, 3.8) is 0 Å². The summed E-state index contributed by atoms with van der Waals surface area (Å²) in [6.07, 6.45) is -1.69. The van der Waals surface area contributed by atoms with Crippen LogP contribution in [-0.2, 0) is 11.2 Å². The largest absolute Gasteiger partial charge is 0.547 e. The maximum absolute atomic E-state index is 12.5. The van der Waals surface area contributed by atoms with Crippen LogP contribution in [0.5, 0.6) is 0 Å². The van der Waals surface area contributed by atoms with E-state index >= 15 is 0 Å². The molecule has 1 heterocycles. The number of H-pyrrole nitrogens is 1. The monoisotopic (exact) mass is 387 g/mol. The van der Waals surface area contributed by atoms with Gasteiger partial charge in [-0.1, -0.05) is 49.4 Å². The average molecular weight is 388 g/mol. The topological polar surface area (TPSA) is 105 Å². The number of halogens is 1. The number of fused-ring (bicyclic) bond motifs is 1. The molecule has 0 aliphatic heterocycles. The second-order valence-corrected chi connectivity index (χ2v) is 6.38. The van der Waals surface area contributed by atoms with Gasteiger partial charge in [-0.25, -0.2) is 0 Å². The smallest absolute Gasteiger partial charge is 0.268 e. The zero-order valence-electron chi connectivity index (χ0n) is 13.6. The fraction of sp³-hybridized carbons (Fsp3) is 0.200. The number of carboxylic acid groups (broad SMARTS) is 1. The standard InChI is InChI=1S/C19H17ClN2O4.CH4/c20-13-6-7-14-12(9-13)10-16(21-14)18(24)22-15(17(23)19(25)26)8-11-4-2-1-3-5-11;/h1-7,9-10,15,17,21,23H,8H2,(H,22,24)(H,25,26);1H4/p-1/t15-,17+;/m0./s1. The maximum Gasteiger partial charge on any atom is 0.268 e. The number of benzene rings is 2. The van der Waals surface area contributed by atoms with Crippen molar-refractivity contribution in [2.45, 2.75) is 26.0 Å². The number of carbonyl (C=O) groups is 2. The van der Waals surface area contributed by atoms with Crippen molar-refractivity contribution in [3.8, 4) is 0 Å². The predicted molar refractivity (Wildman–Crippen MR) is 102 cm³/mol. The maximum atomic E-state index is 12.5. The van der Waals surface area contributed by atoms with Crippen molar-refractivity contribution in [2.24, 2.45) is 0 Å². The number of aromatic amines is 1. The lowest BCUT2D eigenvalue weighted by molar-refractivity contribution is -0.315. The predicted octanol–water partition coefficient (Wildman–Crippen LogP) is 1.91. The van der Waals surface area contributed by atoms with Crippen LogP contribution < -0.4 is 10.4 Å². The summed E-state index contributed by atoms with van der Waals surface area (Å²) in [5, 5.41) is 24.9. The Balaban J connectivity index is 0.00000261. The van der Waals surface area contributed by atoms with E-state index in [-0.39, 0.29) is 19.5 Å². The molecule has 3 aromatic rings. The lowest BCUT2D eigenvalue weighted by Crippen LogP contribution is -2.52. The summed E-state index contributed by atoms with van der Waals surface area (Å²) in [7, 11) is 0. The van der Waals surface area contributed by atoms with Crippen LogP contribution in [0.3, 0.4) is 0 Å². The van der Waals surface area contributed by atoms with Gasteiger partial charge in [-0.15, -0.1) is 0 Å². The van der Waals surface area contributed by atoms with Crippen LogP contribution in [0.2, 0.25) is 5.02 Å². The highest BCUT2D eigenvalue weighted by Gasteiger charge is 2.24. The minimum absolute atomic E-state index is 0. The van der Waals surface area contributed by atoms with Crippen molar-refractivity contribution >= 4 is 34.4 Å². The minimum atomic E-state index is -1.84. The fourth-order valence-corrected chi connectivity index (χ4v) is 2.93. The van der Waals surface area contributed by atoms with Gasteiger partial charge in [0.25, 0.3) is 5.91 Å². The van der Waals surface area contributed by atoms with Crippen molar-refractivity contribution in [1.29, 1.82) is 0 Å². The van der Waals surface area contributed by atoms with E-state index in [0.717, 1.165) is 16.5 Å². The van der Waals surface area contributed by atoms with Gasteiger partial charge in [-0.2, -0.15) is 0 Å². The first-order valence-corrected chi connectivity index (χ1v) is 8.34. The van der Waals surface area contributed by atoms with Crippen LogP contribution >= 0.6 is 11.6 Å². The van der Waals surface area contributed by atoms with E-state index < -0.39 is 24.0 Å². The van der Waals surface area contributed by atoms with Gasteiger partial charge in [0.05, 0.1) is 12.0 Å². The Morgan fingerprint density at radius 1 is 1.15 bits per heavy atom. The Kier molecular flexibility index (Phi) is 6.60. The molecule has 2 aromatic carbocycles. The molecule has 142 valence electrons. The Morgan fingerprint density at radius 2 is 1.85 bits per heavy atom. The molecule has 2 atom stereocenters.